The SMILES string of the molecule is Cc1ccc(B(/C(=C(\C[P+](C)(C)C)c2ccccc2)c2ccc(C)cc2)c2ccc(C)cc2)cc1. The molecule has 0 atom stereocenters. The van der Waals surface area contributed by atoms with E-state index in [4.69, 9.17) is 0 Å². The topological polar surface area (TPSA) is 0 Å². The van der Waals surface area contributed by atoms with E-state index < -0.39 is 7.26 Å². The lowest BCUT2D eigenvalue weighted by molar-refractivity contribution is 1.45. The second-order valence-electron chi connectivity index (χ2n) is 10.8. The summed E-state index contributed by atoms with van der Waals surface area (Å²) < 4.78 is 0. The molecule has 176 valence electrons. The largest absolute Gasteiger partial charge is 0.242 e. The van der Waals surface area contributed by atoms with Gasteiger partial charge in [0.1, 0.15) is 0 Å². The van der Waals surface area contributed by atoms with Gasteiger partial charge in [-0.3, -0.25) is 0 Å². The van der Waals surface area contributed by atoms with Gasteiger partial charge in [0.05, 0.1) is 6.16 Å². The number of hydrogen-bond donors (Lipinski definition) is 0. The van der Waals surface area contributed by atoms with E-state index in [9.17, 15) is 0 Å². The van der Waals surface area contributed by atoms with Gasteiger partial charge in [-0.15, -0.1) is 0 Å². The third kappa shape index (κ3) is 6.42. The molecule has 4 rings (SSSR count). The molecular formula is C33H37BP+. The fourth-order valence-corrected chi connectivity index (χ4v) is 6.04. The summed E-state index contributed by atoms with van der Waals surface area (Å²) in [6, 6.07) is 38.5. The molecule has 2 heteroatoms. The monoisotopic (exact) mass is 475 g/mol. The Kier molecular flexibility index (Phi) is 7.78. The van der Waals surface area contributed by atoms with Crippen LogP contribution in [0.15, 0.2) is 103 Å². The van der Waals surface area contributed by atoms with Gasteiger partial charge >= 0.3 is 0 Å². The van der Waals surface area contributed by atoms with Crippen molar-refractivity contribution in [1.29, 1.82) is 0 Å². The van der Waals surface area contributed by atoms with E-state index >= 15 is 0 Å². The first-order chi connectivity index (χ1) is 16.7. The molecule has 0 aliphatic rings. The lowest BCUT2D eigenvalue weighted by Crippen LogP contribution is -2.44. The molecule has 0 amide bonds. The van der Waals surface area contributed by atoms with E-state index in [1.807, 2.05) is 0 Å². The Morgan fingerprint density at radius 3 is 1.40 bits per heavy atom. The quantitative estimate of drug-likeness (QED) is 0.150. The van der Waals surface area contributed by atoms with Gasteiger partial charge in [-0.25, -0.2) is 0 Å². The number of aryl methyl sites for hydroxylation is 3. The van der Waals surface area contributed by atoms with Crippen LogP contribution in [0.4, 0.5) is 0 Å². The summed E-state index contributed by atoms with van der Waals surface area (Å²) in [6.45, 7) is 14.0. The summed E-state index contributed by atoms with van der Waals surface area (Å²) in [5.41, 5.74) is 12.1. The van der Waals surface area contributed by atoms with Crippen molar-refractivity contribution in [3.63, 3.8) is 0 Å². The third-order valence-corrected chi connectivity index (χ3v) is 7.82. The maximum absolute atomic E-state index is 2.45. The molecular weight excluding hydrogens is 438 g/mol. The first-order valence-electron chi connectivity index (χ1n) is 12.5. The van der Waals surface area contributed by atoms with Gasteiger partial charge in [-0.05, 0) is 37.5 Å². The summed E-state index contributed by atoms with van der Waals surface area (Å²) in [5.74, 6) is 0. The Morgan fingerprint density at radius 2 is 0.971 bits per heavy atom. The van der Waals surface area contributed by atoms with Gasteiger partial charge in [-0.2, -0.15) is 0 Å². The van der Waals surface area contributed by atoms with Crippen molar-refractivity contribution in [2.75, 3.05) is 26.2 Å². The molecule has 0 nitrogen and oxygen atoms in total. The molecule has 0 unspecified atom stereocenters. The van der Waals surface area contributed by atoms with Crippen molar-refractivity contribution in [3.8, 4) is 0 Å². The molecule has 0 aliphatic heterocycles. The van der Waals surface area contributed by atoms with Crippen molar-refractivity contribution in [2.24, 2.45) is 0 Å². The lowest BCUT2D eigenvalue weighted by Gasteiger charge is -2.26. The Balaban J connectivity index is 2.09. The Bertz CT molecular complexity index is 1230. The Morgan fingerprint density at radius 1 is 0.543 bits per heavy atom. The summed E-state index contributed by atoms with van der Waals surface area (Å²) in [6.07, 6.45) is 1.11. The molecule has 4 aromatic rings. The van der Waals surface area contributed by atoms with Gasteiger partial charge in [-0.1, -0.05) is 136 Å². The summed E-state index contributed by atoms with van der Waals surface area (Å²) >= 11 is 0. The highest BCUT2D eigenvalue weighted by molar-refractivity contribution is 7.74. The van der Waals surface area contributed by atoms with Crippen LogP contribution < -0.4 is 10.9 Å². The molecule has 0 saturated heterocycles. The summed E-state index contributed by atoms with van der Waals surface area (Å²) in [5, 5.41) is 0. The van der Waals surface area contributed by atoms with Crippen molar-refractivity contribution in [1.82, 2.24) is 0 Å². The van der Waals surface area contributed by atoms with E-state index in [-0.39, 0.29) is 6.71 Å². The fourth-order valence-electron chi connectivity index (χ4n) is 4.74. The molecule has 0 saturated carbocycles. The lowest BCUT2D eigenvalue weighted by atomic mass is 9.34. The van der Waals surface area contributed by atoms with Crippen LogP contribution in [0.1, 0.15) is 27.8 Å². The molecule has 0 fully saturated rings. The highest BCUT2D eigenvalue weighted by Gasteiger charge is 2.31. The second-order valence-corrected chi connectivity index (χ2v) is 15.7. The Hall–Kier alpha value is -2.89. The first kappa shape index (κ1) is 25.2. The van der Waals surface area contributed by atoms with E-state index in [1.54, 1.807) is 0 Å². The van der Waals surface area contributed by atoms with Crippen LogP contribution in [0, 0.1) is 20.8 Å². The zero-order chi connectivity index (χ0) is 25.0. The number of hydrogen-bond acceptors (Lipinski definition) is 0. The average molecular weight is 475 g/mol. The minimum Gasteiger partial charge on any atom is -0.0686 e. The zero-order valence-electron chi connectivity index (χ0n) is 22.0. The van der Waals surface area contributed by atoms with E-state index in [2.05, 4.69) is 144 Å². The van der Waals surface area contributed by atoms with Gasteiger partial charge < -0.3 is 0 Å². The van der Waals surface area contributed by atoms with Crippen LogP contribution in [0.2, 0.25) is 0 Å². The third-order valence-electron chi connectivity index (χ3n) is 6.55. The summed E-state index contributed by atoms with van der Waals surface area (Å²) in [4.78, 5) is 0. The van der Waals surface area contributed by atoms with Gasteiger partial charge in [0.2, 0.25) is 6.71 Å². The maximum Gasteiger partial charge on any atom is 0.242 e. The van der Waals surface area contributed by atoms with Crippen LogP contribution in [-0.4, -0.2) is 32.9 Å². The van der Waals surface area contributed by atoms with Crippen molar-refractivity contribution < 1.29 is 0 Å². The minimum atomic E-state index is -1.12. The zero-order valence-corrected chi connectivity index (χ0v) is 22.9. The number of rotatable bonds is 7. The highest BCUT2D eigenvalue weighted by atomic mass is 31.2. The van der Waals surface area contributed by atoms with Crippen LogP contribution in [-0.2, 0) is 0 Å². The molecule has 0 bridgehead atoms. The average Bonchev–Trinajstić information content (AvgIpc) is 2.84. The van der Waals surface area contributed by atoms with E-state index in [0.29, 0.717) is 0 Å². The predicted octanol–water partition coefficient (Wildman–Crippen LogP) is 7.28. The second kappa shape index (κ2) is 10.8. The van der Waals surface area contributed by atoms with E-state index in [1.165, 1.54) is 49.8 Å². The van der Waals surface area contributed by atoms with Crippen molar-refractivity contribution in [2.45, 2.75) is 20.8 Å². The van der Waals surface area contributed by atoms with Gasteiger partial charge in [0.15, 0.2) is 0 Å². The van der Waals surface area contributed by atoms with E-state index in [0.717, 1.165) is 6.16 Å². The molecule has 0 spiro atoms. The standard InChI is InChI=1S/C33H37BP/c1-25-12-18-29(19-13-25)33(32(24-35(4,5)6)28-10-8-7-9-11-28)34(30-20-14-26(2)15-21-30)31-22-16-27(3)17-23-31/h7-23H,24H2,1-6H3/q+1/b33-32+. The van der Waals surface area contributed by atoms with Crippen LogP contribution in [0.3, 0.4) is 0 Å². The number of allylic oxidation sites excluding steroid dienone is 1. The number of benzene rings is 4. The molecule has 0 radical (unpaired) electrons. The molecule has 0 heterocycles. The molecule has 0 aliphatic carbocycles. The Labute approximate surface area is 213 Å². The predicted molar refractivity (Wildman–Crippen MR) is 161 cm³/mol. The fraction of sp³-hybridized carbons (Fsp3) is 0.212. The normalized spacial score (nSPS) is 12.3. The molecule has 0 N–H and O–H groups in total. The van der Waals surface area contributed by atoms with Gasteiger partial charge in [0, 0.05) is 27.3 Å². The van der Waals surface area contributed by atoms with Crippen LogP contribution in [0.25, 0.3) is 11.0 Å². The van der Waals surface area contributed by atoms with Crippen molar-refractivity contribution >= 4 is 35.9 Å². The molecule has 4 aromatic carbocycles. The van der Waals surface area contributed by atoms with Crippen LogP contribution >= 0.6 is 7.26 Å². The maximum atomic E-state index is 2.45. The molecule has 0 aromatic heterocycles. The van der Waals surface area contributed by atoms with Crippen LogP contribution in [0.5, 0.6) is 0 Å². The van der Waals surface area contributed by atoms with Gasteiger partial charge in [0.25, 0.3) is 0 Å². The summed E-state index contributed by atoms with van der Waals surface area (Å²) in [7, 11) is -1.12. The smallest absolute Gasteiger partial charge is 0.0686 e. The van der Waals surface area contributed by atoms with Crippen molar-refractivity contribution in [3.05, 3.63) is 131 Å². The highest BCUT2D eigenvalue weighted by Crippen LogP contribution is 2.51. The first-order valence-corrected chi connectivity index (χ1v) is 15.8. The minimum absolute atomic E-state index is 0.153. The molecule has 35 heavy (non-hydrogen) atoms.